The van der Waals surface area contributed by atoms with Gasteiger partial charge in [-0.2, -0.15) is 0 Å². The zero-order valence-corrected chi connectivity index (χ0v) is 9.62. The lowest BCUT2D eigenvalue weighted by Gasteiger charge is -2.11. The minimum atomic E-state index is 0.175. The van der Waals surface area contributed by atoms with Crippen LogP contribution in [-0.2, 0) is 17.8 Å². The molecule has 3 nitrogen and oxygen atoms in total. The predicted octanol–water partition coefficient (Wildman–Crippen LogP) is 1.73. The van der Waals surface area contributed by atoms with E-state index in [9.17, 15) is 0 Å². The first kappa shape index (κ1) is 12.0. The van der Waals surface area contributed by atoms with E-state index in [1.807, 2.05) is 19.1 Å². The molecule has 84 valence electrons. The van der Waals surface area contributed by atoms with Crippen LogP contribution in [0.1, 0.15) is 18.1 Å². The van der Waals surface area contributed by atoms with Gasteiger partial charge in [0.15, 0.2) is 0 Å². The normalized spacial score (nSPS) is 12.5. The van der Waals surface area contributed by atoms with Gasteiger partial charge in [-0.3, -0.25) is 0 Å². The maximum absolute atomic E-state index is 5.76. The lowest BCUT2D eigenvalue weighted by Crippen LogP contribution is -2.17. The molecule has 0 aliphatic carbocycles. The third-order valence-electron chi connectivity index (χ3n) is 2.20. The van der Waals surface area contributed by atoms with Crippen LogP contribution in [-0.4, -0.2) is 20.3 Å². The second-order valence-electron chi connectivity index (χ2n) is 3.76. The van der Waals surface area contributed by atoms with Crippen molar-refractivity contribution in [3.63, 3.8) is 0 Å². The van der Waals surface area contributed by atoms with E-state index < -0.39 is 0 Å². The van der Waals surface area contributed by atoms with Crippen molar-refractivity contribution in [3.8, 4) is 5.75 Å². The third-order valence-corrected chi connectivity index (χ3v) is 2.20. The Morgan fingerprint density at radius 1 is 1.33 bits per heavy atom. The quantitative estimate of drug-likeness (QED) is 0.803. The van der Waals surface area contributed by atoms with Crippen molar-refractivity contribution in [2.75, 3.05) is 14.2 Å². The summed E-state index contributed by atoms with van der Waals surface area (Å²) in [5.41, 5.74) is 8.04. The Morgan fingerprint density at radius 2 is 2.07 bits per heavy atom. The summed E-state index contributed by atoms with van der Waals surface area (Å²) in [6.07, 6.45) is 0.876. The monoisotopic (exact) mass is 209 g/mol. The predicted molar refractivity (Wildman–Crippen MR) is 61.1 cm³/mol. The Bertz CT molecular complexity index is 310. The van der Waals surface area contributed by atoms with Crippen molar-refractivity contribution in [2.24, 2.45) is 5.73 Å². The van der Waals surface area contributed by atoms with Gasteiger partial charge >= 0.3 is 0 Å². The average Bonchev–Trinajstić information content (AvgIpc) is 2.18. The molecule has 0 heterocycles. The van der Waals surface area contributed by atoms with Gasteiger partial charge in [0.25, 0.3) is 0 Å². The van der Waals surface area contributed by atoms with Gasteiger partial charge in [0.05, 0.1) is 13.7 Å². The zero-order chi connectivity index (χ0) is 11.3. The van der Waals surface area contributed by atoms with E-state index in [4.69, 9.17) is 15.2 Å². The van der Waals surface area contributed by atoms with Crippen molar-refractivity contribution in [1.29, 1.82) is 0 Å². The van der Waals surface area contributed by atoms with Gasteiger partial charge in [-0.1, -0.05) is 6.07 Å². The first-order chi connectivity index (χ1) is 7.17. The van der Waals surface area contributed by atoms with Crippen LogP contribution >= 0.6 is 0 Å². The fraction of sp³-hybridized carbons (Fsp3) is 0.500. The van der Waals surface area contributed by atoms with Crippen LogP contribution in [0.4, 0.5) is 0 Å². The summed E-state index contributed by atoms with van der Waals surface area (Å²) in [4.78, 5) is 0. The maximum atomic E-state index is 5.76. The molecule has 0 aliphatic heterocycles. The van der Waals surface area contributed by atoms with Crippen LogP contribution in [0.25, 0.3) is 0 Å². The van der Waals surface area contributed by atoms with Crippen LogP contribution in [0.5, 0.6) is 5.75 Å². The molecule has 1 unspecified atom stereocenters. The average molecular weight is 209 g/mol. The van der Waals surface area contributed by atoms with Crippen LogP contribution in [0.3, 0.4) is 0 Å². The highest BCUT2D eigenvalue weighted by Crippen LogP contribution is 2.21. The topological polar surface area (TPSA) is 44.5 Å². The number of ether oxygens (including phenoxy) is 2. The zero-order valence-electron chi connectivity index (χ0n) is 9.62. The van der Waals surface area contributed by atoms with E-state index in [1.54, 1.807) is 14.2 Å². The molecule has 0 saturated carbocycles. The van der Waals surface area contributed by atoms with E-state index >= 15 is 0 Å². The Labute approximate surface area is 91.2 Å². The van der Waals surface area contributed by atoms with E-state index in [0.717, 1.165) is 17.7 Å². The Balaban J connectivity index is 2.88. The highest BCUT2D eigenvalue weighted by molar-refractivity contribution is 5.37. The Hall–Kier alpha value is -1.06. The smallest absolute Gasteiger partial charge is 0.124 e. The SMILES string of the molecule is COCc1cc(CC(C)N)ccc1OC. The van der Waals surface area contributed by atoms with Crippen LogP contribution in [0.2, 0.25) is 0 Å². The summed E-state index contributed by atoms with van der Waals surface area (Å²) in [7, 11) is 3.34. The van der Waals surface area contributed by atoms with Crippen molar-refractivity contribution in [1.82, 2.24) is 0 Å². The largest absolute Gasteiger partial charge is 0.496 e. The summed E-state index contributed by atoms with van der Waals surface area (Å²) < 4.78 is 10.4. The summed E-state index contributed by atoms with van der Waals surface area (Å²) in [6, 6.07) is 6.27. The molecule has 3 heteroatoms. The summed E-state index contributed by atoms with van der Waals surface area (Å²) in [6.45, 7) is 2.57. The Kier molecular flexibility index (Phi) is 4.59. The number of hydrogen-bond donors (Lipinski definition) is 1. The molecule has 0 fully saturated rings. The lowest BCUT2D eigenvalue weighted by atomic mass is 10.0. The van der Waals surface area contributed by atoms with Crippen LogP contribution in [0, 0.1) is 0 Å². The molecule has 1 aromatic rings. The van der Waals surface area contributed by atoms with Crippen molar-refractivity contribution >= 4 is 0 Å². The van der Waals surface area contributed by atoms with Crippen molar-refractivity contribution in [2.45, 2.75) is 26.0 Å². The molecule has 0 bridgehead atoms. The standard InChI is InChI=1S/C12H19NO2/c1-9(13)6-10-4-5-12(15-3)11(7-10)8-14-2/h4-5,7,9H,6,8,13H2,1-3H3. The lowest BCUT2D eigenvalue weighted by molar-refractivity contribution is 0.181. The summed E-state index contributed by atoms with van der Waals surface area (Å²) in [5, 5.41) is 0. The van der Waals surface area contributed by atoms with Gasteiger partial charge in [-0.25, -0.2) is 0 Å². The molecule has 2 N–H and O–H groups in total. The van der Waals surface area contributed by atoms with E-state index in [2.05, 4.69) is 6.07 Å². The fourth-order valence-electron chi connectivity index (χ4n) is 1.60. The number of hydrogen-bond acceptors (Lipinski definition) is 3. The molecule has 0 saturated heterocycles. The van der Waals surface area contributed by atoms with Gasteiger partial charge in [0.2, 0.25) is 0 Å². The second kappa shape index (κ2) is 5.73. The molecule has 0 aromatic heterocycles. The summed E-state index contributed by atoms with van der Waals surface area (Å²) in [5.74, 6) is 0.866. The highest BCUT2D eigenvalue weighted by Gasteiger charge is 2.05. The number of nitrogens with two attached hydrogens (primary N) is 1. The minimum absolute atomic E-state index is 0.175. The van der Waals surface area contributed by atoms with Gasteiger partial charge in [-0.15, -0.1) is 0 Å². The highest BCUT2D eigenvalue weighted by atomic mass is 16.5. The van der Waals surface area contributed by atoms with Crippen LogP contribution < -0.4 is 10.5 Å². The van der Waals surface area contributed by atoms with Crippen molar-refractivity contribution < 1.29 is 9.47 Å². The van der Waals surface area contributed by atoms with Crippen LogP contribution in [0.15, 0.2) is 18.2 Å². The molecule has 0 amide bonds. The van der Waals surface area contributed by atoms with E-state index in [-0.39, 0.29) is 6.04 Å². The van der Waals surface area contributed by atoms with E-state index in [1.165, 1.54) is 5.56 Å². The first-order valence-electron chi connectivity index (χ1n) is 5.07. The minimum Gasteiger partial charge on any atom is -0.496 e. The number of benzene rings is 1. The van der Waals surface area contributed by atoms with Gasteiger partial charge in [-0.05, 0) is 31.0 Å². The molecule has 0 radical (unpaired) electrons. The van der Waals surface area contributed by atoms with E-state index in [0.29, 0.717) is 6.61 Å². The Morgan fingerprint density at radius 3 is 2.60 bits per heavy atom. The first-order valence-corrected chi connectivity index (χ1v) is 5.07. The van der Waals surface area contributed by atoms with Gasteiger partial charge in [0, 0.05) is 18.7 Å². The molecule has 0 aliphatic rings. The molecular formula is C12H19NO2. The molecule has 15 heavy (non-hydrogen) atoms. The second-order valence-corrected chi connectivity index (χ2v) is 3.76. The number of methoxy groups -OCH3 is 2. The van der Waals surface area contributed by atoms with Gasteiger partial charge < -0.3 is 15.2 Å². The number of rotatable bonds is 5. The molecule has 1 atom stereocenters. The summed E-state index contributed by atoms with van der Waals surface area (Å²) >= 11 is 0. The van der Waals surface area contributed by atoms with Gasteiger partial charge in [0.1, 0.15) is 5.75 Å². The molecule has 0 spiro atoms. The molecular weight excluding hydrogens is 190 g/mol. The molecule has 1 rings (SSSR count). The fourth-order valence-corrected chi connectivity index (χ4v) is 1.60. The maximum Gasteiger partial charge on any atom is 0.124 e. The molecule has 1 aromatic carbocycles. The third kappa shape index (κ3) is 3.53. The van der Waals surface area contributed by atoms with Crippen molar-refractivity contribution in [3.05, 3.63) is 29.3 Å².